The second-order valence-electron chi connectivity index (χ2n) is 4.46. The van der Waals surface area contributed by atoms with Gasteiger partial charge in [0.05, 0.1) is 19.9 Å². The number of benzene rings is 1. The van der Waals surface area contributed by atoms with E-state index in [0.29, 0.717) is 11.5 Å². The van der Waals surface area contributed by atoms with Crippen molar-refractivity contribution < 1.29 is 9.47 Å². The molecule has 5 nitrogen and oxygen atoms in total. The van der Waals surface area contributed by atoms with Crippen LogP contribution in [0.2, 0.25) is 0 Å². The predicted octanol–water partition coefficient (Wildman–Crippen LogP) is 2.05. The summed E-state index contributed by atoms with van der Waals surface area (Å²) in [6.45, 7) is 0. The van der Waals surface area contributed by atoms with Crippen LogP contribution >= 0.6 is 0 Å². The molecule has 0 aliphatic rings. The Balaban J connectivity index is 2.13. The second kappa shape index (κ2) is 6.14. The largest absolute Gasteiger partial charge is 0.493 e. The van der Waals surface area contributed by atoms with Crippen molar-refractivity contribution in [2.24, 2.45) is 0 Å². The van der Waals surface area contributed by atoms with Gasteiger partial charge in [-0.15, -0.1) is 0 Å². The van der Waals surface area contributed by atoms with E-state index >= 15 is 0 Å². The van der Waals surface area contributed by atoms with Gasteiger partial charge in [0.1, 0.15) is 5.82 Å². The Hall–Kier alpha value is -2.43. The van der Waals surface area contributed by atoms with Gasteiger partial charge in [-0.25, -0.2) is 4.98 Å². The zero-order valence-corrected chi connectivity index (χ0v) is 11.7. The lowest BCUT2D eigenvalue weighted by atomic mass is 10.0. The number of rotatable bonds is 5. The molecule has 1 aromatic heterocycles. The van der Waals surface area contributed by atoms with Crippen LogP contribution in [-0.4, -0.2) is 19.2 Å². The van der Waals surface area contributed by atoms with E-state index in [1.807, 2.05) is 24.3 Å². The second-order valence-corrected chi connectivity index (χ2v) is 4.46. The molecule has 0 aliphatic heterocycles. The van der Waals surface area contributed by atoms with Gasteiger partial charge in [-0.05, 0) is 42.2 Å². The first-order valence-corrected chi connectivity index (χ1v) is 6.35. The molecule has 0 amide bonds. The molecule has 4 N–H and O–H groups in total. The Morgan fingerprint density at radius 2 is 1.75 bits per heavy atom. The average Bonchev–Trinajstić information content (AvgIpc) is 2.48. The average molecular weight is 273 g/mol. The Morgan fingerprint density at radius 1 is 1.00 bits per heavy atom. The topological polar surface area (TPSA) is 83.4 Å². The van der Waals surface area contributed by atoms with E-state index in [-0.39, 0.29) is 0 Å². The van der Waals surface area contributed by atoms with E-state index in [1.54, 1.807) is 20.4 Å². The zero-order valence-electron chi connectivity index (χ0n) is 11.7. The van der Waals surface area contributed by atoms with Crippen molar-refractivity contribution in [3.63, 3.8) is 0 Å². The van der Waals surface area contributed by atoms with Crippen molar-refractivity contribution >= 4 is 11.5 Å². The summed E-state index contributed by atoms with van der Waals surface area (Å²) in [6.07, 6.45) is 3.32. The smallest absolute Gasteiger partial charge is 0.160 e. The van der Waals surface area contributed by atoms with Crippen LogP contribution in [0.4, 0.5) is 11.5 Å². The summed E-state index contributed by atoms with van der Waals surface area (Å²) < 4.78 is 10.5. The van der Waals surface area contributed by atoms with Crippen LogP contribution in [0.5, 0.6) is 11.5 Å². The number of methoxy groups -OCH3 is 2. The highest BCUT2D eigenvalue weighted by Crippen LogP contribution is 2.28. The minimum atomic E-state index is 0.384. The molecule has 2 aromatic rings. The van der Waals surface area contributed by atoms with Crippen LogP contribution in [-0.2, 0) is 12.8 Å². The lowest BCUT2D eigenvalue weighted by Gasteiger charge is -2.10. The van der Waals surface area contributed by atoms with Gasteiger partial charge < -0.3 is 20.9 Å². The fraction of sp³-hybridized carbons (Fsp3) is 0.267. The summed E-state index contributed by atoms with van der Waals surface area (Å²) in [5.41, 5.74) is 14.3. The lowest BCUT2D eigenvalue weighted by Crippen LogP contribution is -2.03. The molecule has 1 heterocycles. The highest BCUT2D eigenvalue weighted by Gasteiger charge is 2.07. The lowest BCUT2D eigenvalue weighted by molar-refractivity contribution is 0.354. The van der Waals surface area contributed by atoms with Gasteiger partial charge in [0.25, 0.3) is 0 Å². The molecule has 5 heteroatoms. The first-order chi connectivity index (χ1) is 9.65. The molecule has 0 saturated carbocycles. The summed E-state index contributed by atoms with van der Waals surface area (Å²) in [7, 11) is 3.25. The molecule has 0 saturated heterocycles. The van der Waals surface area contributed by atoms with Gasteiger partial charge in [-0.2, -0.15) is 0 Å². The Labute approximate surface area is 118 Å². The maximum atomic E-state index is 5.92. The van der Waals surface area contributed by atoms with Crippen LogP contribution in [0.1, 0.15) is 11.1 Å². The van der Waals surface area contributed by atoms with Gasteiger partial charge in [-0.1, -0.05) is 6.07 Å². The molecule has 106 valence electrons. The fourth-order valence-electron chi connectivity index (χ4n) is 2.06. The third-order valence-corrected chi connectivity index (χ3v) is 3.24. The van der Waals surface area contributed by atoms with Gasteiger partial charge in [0.2, 0.25) is 0 Å². The molecule has 0 aliphatic carbocycles. The molecule has 0 bridgehead atoms. The number of anilines is 2. The number of aryl methyl sites for hydroxylation is 2. The number of hydrogen-bond acceptors (Lipinski definition) is 5. The SMILES string of the molecule is COc1ccc(CCc2ccnc(N)c2N)cc1OC. The van der Waals surface area contributed by atoms with Gasteiger partial charge in [0, 0.05) is 6.20 Å². The summed E-state index contributed by atoms with van der Waals surface area (Å²) >= 11 is 0. The quantitative estimate of drug-likeness (QED) is 0.871. The van der Waals surface area contributed by atoms with E-state index in [4.69, 9.17) is 20.9 Å². The molecular weight excluding hydrogens is 254 g/mol. The van der Waals surface area contributed by atoms with Crippen LogP contribution in [0.15, 0.2) is 30.5 Å². The van der Waals surface area contributed by atoms with Crippen molar-refractivity contribution in [1.29, 1.82) is 0 Å². The number of nitrogen functional groups attached to an aromatic ring is 2. The minimum absolute atomic E-state index is 0.384. The van der Waals surface area contributed by atoms with Gasteiger partial charge in [-0.3, -0.25) is 0 Å². The van der Waals surface area contributed by atoms with Crippen LogP contribution < -0.4 is 20.9 Å². The van der Waals surface area contributed by atoms with E-state index in [2.05, 4.69) is 4.98 Å². The molecule has 0 atom stereocenters. The maximum absolute atomic E-state index is 5.92. The minimum Gasteiger partial charge on any atom is -0.493 e. The van der Waals surface area contributed by atoms with Crippen LogP contribution in [0.25, 0.3) is 0 Å². The van der Waals surface area contributed by atoms with Crippen molar-refractivity contribution in [1.82, 2.24) is 4.98 Å². The summed E-state index contributed by atoms with van der Waals surface area (Å²) in [6, 6.07) is 7.78. The molecule has 2 rings (SSSR count). The van der Waals surface area contributed by atoms with Crippen molar-refractivity contribution in [3.8, 4) is 11.5 Å². The van der Waals surface area contributed by atoms with E-state index < -0.39 is 0 Å². The van der Waals surface area contributed by atoms with Crippen molar-refractivity contribution in [3.05, 3.63) is 41.6 Å². The third-order valence-electron chi connectivity index (χ3n) is 3.24. The number of nitrogens with zero attached hydrogens (tertiary/aromatic N) is 1. The summed E-state index contributed by atoms with van der Waals surface area (Å²) in [5, 5.41) is 0. The third kappa shape index (κ3) is 2.93. The standard InChI is InChI=1S/C15H19N3O2/c1-19-12-6-4-10(9-13(12)20-2)3-5-11-7-8-18-15(17)14(11)16/h4,6-9H,3,5,16H2,1-2H3,(H2,17,18). The molecule has 0 spiro atoms. The van der Waals surface area contributed by atoms with E-state index in [9.17, 15) is 0 Å². The predicted molar refractivity (Wildman–Crippen MR) is 80.0 cm³/mol. The fourth-order valence-corrected chi connectivity index (χ4v) is 2.06. The normalized spacial score (nSPS) is 10.3. The van der Waals surface area contributed by atoms with Gasteiger partial charge >= 0.3 is 0 Å². The summed E-state index contributed by atoms with van der Waals surface area (Å²) in [4.78, 5) is 3.96. The molecule has 20 heavy (non-hydrogen) atoms. The van der Waals surface area contributed by atoms with Crippen molar-refractivity contribution in [2.45, 2.75) is 12.8 Å². The number of ether oxygens (including phenoxy) is 2. The number of hydrogen-bond donors (Lipinski definition) is 2. The van der Waals surface area contributed by atoms with Crippen LogP contribution in [0, 0.1) is 0 Å². The maximum Gasteiger partial charge on any atom is 0.160 e. The Kier molecular flexibility index (Phi) is 4.30. The molecule has 0 fully saturated rings. The van der Waals surface area contributed by atoms with Crippen molar-refractivity contribution in [2.75, 3.05) is 25.7 Å². The highest BCUT2D eigenvalue weighted by molar-refractivity contribution is 5.62. The first-order valence-electron chi connectivity index (χ1n) is 6.35. The summed E-state index contributed by atoms with van der Waals surface area (Å²) in [5.74, 6) is 1.84. The number of pyridine rings is 1. The monoisotopic (exact) mass is 273 g/mol. The first kappa shape index (κ1) is 14.0. The molecule has 0 unspecified atom stereocenters. The van der Waals surface area contributed by atoms with E-state index in [1.165, 1.54) is 0 Å². The Bertz CT molecular complexity index is 600. The number of nitrogens with two attached hydrogens (primary N) is 2. The Morgan fingerprint density at radius 3 is 2.45 bits per heavy atom. The number of aromatic nitrogens is 1. The van der Waals surface area contributed by atoms with Gasteiger partial charge in [0.15, 0.2) is 11.5 Å². The van der Waals surface area contributed by atoms with Crippen LogP contribution in [0.3, 0.4) is 0 Å². The molecule has 0 radical (unpaired) electrons. The zero-order chi connectivity index (χ0) is 14.5. The molecular formula is C15H19N3O2. The molecule has 1 aromatic carbocycles. The van der Waals surface area contributed by atoms with E-state index in [0.717, 1.165) is 35.5 Å². The highest BCUT2D eigenvalue weighted by atomic mass is 16.5.